The molecule has 1 aromatic carbocycles. The molecule has 4 nitrogen and oxygen atoms in total. The highest BCUT2D eigenvalue weighted by Crippen LogP contribution is 2.30. The van der Waals surface area contributed by atoms with Gasteiger partial charge in [-0.3, -0.25) is 0 Å². The Morgan fingerprint density at radius 3 is 2.33 bits per heavy atom. The van der Waals surface area contributed by atoms with Crippen LogP contribution in [-0.4, -0.2) is 22.0 Å². The first-order valence-electron chi connectivity index (χ1n) is 5.84. The van der Waals surface area contributed by atoms with Gasteiger partial charge in [-0.25, -0.2) is 4.68 Å². The predicted octanol–water partition coefficient (Wildman–Crippen LogP) is 2.50. The van der Waals surface area contributed by atoms with Crippen LogP contribution in [0.3, 0.4) is 0 Å². The van der Waals surface area contributed by atoms with Gasteiger partial charge >= 0.3 is 0 Å². The fourth-order valence-electron chi connectivity index (χ4n) is 2.35. The summed E-state index contributed by atoms with van der Waals surface area (Å²) in [5, 5.41) is 11.5. The van der Waals surface area contributed by atoms with Crippen LogP contribution in [0.5, 0.6) is 0 Å². The average Bonchev–Trinajstić information content (AvgIpc) is 2.65. The maximum Gasteiger partial charge on any atom is 0.153 e. The minimum Gasteiger partial charge on any atom is -0.308 e. The predicted molar refractivity (Wildman–Crippen MR) is 75.5 cm³/mol. The lowest BCUT2D eigenvalue weighted by atomic mass is 9.94. The third kappa shape index (κ3) is 2.20. The Bertz CT molecular complexity index is 522. The van der Waals surface area contributed by atoms with E-state index in [4.69, 9.17) is 0 Å². The summed E-state index contributed by atoms with van der Waals surface area (Å²) in [5.74, 6) is 0. The lowest BCUT2D eigenvalue weighted by molar-refractivity contribution is 0.593. The molecule has 96 valence electrons. The minimum atomic E-state index is 0.0839. The normalized spacial score (nSPS) is 12.7. The topological polar surface area (TPSA) is 42.7 Å². The van der Waals surface area contributed by atoms with Crippen LogP contribution >= 0.6 is 15.9 Å². The molecule has 1 unspecified atom stereocenters. The van der Waals surface area contributed by atoms with Crippen molar-refractivity contribution >= 4 is 15.9 Å². The maximum atomic E-state index is 4.06. The summed E-state index contributed by atoms with van der Waals surface area (Å²) in [5.41, 5.74) is 4.85. The van der Waals surface area contributed by atoms with Gasteiger partial charge in [-0.05, 0) is 53.5 Å². The van der Waals surface area contributed by atoms with E-state index in [1.54, 1.807) is 4.68 Å². The number of nitrogens with one attached hydrogen (secondary N) is 1. The molecule has 0 radical (unpaired) electrons. The van der Waals surface area contributed by atoms with Crippen LogP contribution in [0.15, 0.2) is 22.8 Å². The summed E-state index contributed by atoms with van der Waals surface area (Å²) in [6.07, 6.45) is 0. The quantitative estimate of drug-likeness (QED) is 0.947. The molecule has 0 saturated heterocycles. The number of hydrogen-bond donors (Lipinski definition) is 1. The van der Waals surface area contributed by atoms with Crippen LogP contribution in [0.4, 0.5) is 0 Å². The van der Waals surface area contributed by atoms with Crippen molar-refractivity contribution in [1.82, 2.24) is 20.3 Å². The lowest BCUT2D eigenvalue weighted by Gasteiger charge is -2.21. The summed E-state index contributed by atoms with van der Waals surface area (Å²) in [6.45, 7) is 4.26. The van der Waals surface area contributed by atoms with Gasteiger partial charge in [0, 0.05) is 7.05 Å². The highest BCUT2D eigenvalue weighted by molar-refractivity contribution is 9.10. The van der Waals surface area contributed by atoms with E-state index in [1.165, 1.54) is 16.7 Å². The van der Waals surface area contributed by atoms with Gasteiger partial charge < -0.3 is 5.32 Å². The van der Waals surface area contributed by atoms with Crippen LogP contribution in [0.2, 0.25) is 0 Å². The van der Waals surface area contributed by atoms with Crippen molar-refractivity contribution in [2.24, 2.45) is 7.05 Å². The van der Waals surface area contributed by atoms with E-state index in [1.807, 2.05) is 14.1 Å². The largest absolute Gasteiger partial charge is 0.308 e. The summed E-state index contributed by atoms with van der Waals surface area (Å²) >= 11 is 3.47. The summed E-state index contributed by atoms with van der Waals surface area (Å²) in [7, 11) is 3.86. The van der Waals surface area contributed by atoms with Gasteiger partial charge in [0.15, 0.2) is 4.60 Å². The Labute approximate surface area is 116 Å². The van der Waals surface area contributed by atoms with Crippen LogP contribution in [-0.2, 0) is 7.05 Å². The van der Waals surface area contributed by atoms with Crippen LogP contribution in [0.1, 0.15) is 28.4 Å². The second-order valence-corrected chi connectivity index (χ2v) is 5.17. The average molecular weight is 309 g/mol. The van der Waals surface area contributed by atoms with Crippen molar-refractivity contribution in [3.05, 3.63) is 45.2 Å². The first-order valence-corrected chi connectivity index (χ1v) is 6.64. The van der Waals surface area contributed by atoms with Crippen molar-refractivity contribution in [2.45, 2.75) is 19.9 Å². The number of benzene rings is 1. The Morgan fingerprint density at radius 2 is 1.89 bits per heavy atom. The van der Waals surface area contributed by atoms with Gasteiger partial charge in [0.2, 0.25) is 0 Å². The third-order valence-corrected chi connectivity index (χ3v) is 3.78. The molecule has 1 atom stereocenters. The first-order chi connectivity index (χ1) is 8.56. The van der Waals surface area contributed by atoms with E-state index in [0.29, 0.717) is 0 Å². The molecule has 0 saturated carbocycles. The van der Waals surface area contributed by atoms with Crippen molar-refractivity contribution in [2.75, 3.05) is 7.05 Å². The van der Waals surface area contributed by atoms with Gasteiger partial charge in [-0.2, -0.15) is 0 Å². The zero-order chi connectivity index (χ0) is 13.3. The van der Waals surface area contributed by atoms with E-state index >= 15 is 0 Å². The van der Waals surface area contributed by atoms with E-state index in [9.17, 15) is 0 Å². The van der Waals surface area contributed by atoms with Gasteiger partial charge in [0.25, 0.3) is 0 Å². The van der Waals surface area contributed by atoms with Crippen LogP contribution < -0.4 is 5.32 Å². The summed E-state index contributed by atoms with van der Waals surface area (Å²) in [4.78, 5) is 0. The second-order valence-electron chi connectivity index (χ2n) is 4.42. The van der Waals surface area contributed by atoms with Crippen LogP contribution in [0.25, 0.3) is 0 Å². The number of halogens is 1. The second kappa shape index (κ2) is 5.20. The molecule has 18 heavy (non-hydrogen) atoms. The highest BCUT2D eigenvalue weighted by Gasteiger charge is 2.23. The highest BCUT2D eigenvalue weighted by atomic mass is 79.9. The van der Waals surface area contributed by atoms with E-state index in [2.05, 4.69) is 63.6 Å². The summed E-state index contributed by atoms with van der Waals surface area (Å²) < 4.78 is 2.59. The monoisotopic (exact) mass is 308 g/mol. The van der Waals surface area contributed by atoms with Crippen LogP contribution in [0, 0.1) is 13.8 Å². The third-order valence-electron chi connectivity index (χ3n) is 3.22. The molecule has 0 fully saturated rings. The van der Waals surface area contributed by atoms with Crippen molar-refractivity contribution in [1.29, 1.82) is 0 Å². The van der Waals surface area contributed by atoms with Crippen molar-refractivity contribution < 1.29 is 0 Å². The molecular formula is C13H17BrN4. The molecule has 1 aromatic heterocycles. The van der Waals surface area contributed by atoms with Gasteiger partial charge in [0.1, 0.15) is 0 Å². The molecule has 0 amide bonds. The number of aromatic nitrogens is 3. The molecule has 0 aliphatic carbocycles. The van der Waals surface area contributed by atoms with E-state index in [-0.39, 0.29) is 6.04 Å². The van der Waals surface area contributed by atoms with E-state index in [0.717, 1.165) is 10.3 Å². The maximum absolute atomic E-state index is 4.06. The van der Waals surface area contributed by atoms with E-state index < -0.39 is 0 Å². The Kier molecular flexibility index (Phi) is 3.82. The zero-order valence-electron chi connectivity index (χ0n) is 11.0. The number of rotatable bonds is 3. The SMILES string of the molecule is CNC(c1c(C)cccc1C)c1c(Br)nnn1C. The Morgan fingerprint density at radius 1 is 1.28 bits per heavy atom. The van der Waals surface area contributed by atoms with Gasteiger partial charge in [0.05, 0.1) is 11.7 Å². The standard InChI is InChI=1S/C13H17BrN4/c1-8-6-5-7-9(2)10(8)11(15-3)12-13(14)16-17-18(12)4/h5-7,11,15H,1-4H3. The molecule has 0 spiro atoms. The first kappa shape index (κ1) is 13.2. The van der Waals surface area contributed by atoms with Crippen molar-refractivity contribution in [3.8, 4) is 0 Å². The Hall–Kier alpha value is -1.20. The molecule has 0 bridgehead atoms. The fourth-order valence-corrected chi connectivity index (χ4v) is 2.90. The molecule has 0 aliphatic heterocycles. The van der Waals surface area contributed by atoms with Crippen molar-refractivity contribution in [3.63, 3.8) is 0 Å². The zero-order valence-corrected chi connectivity index (χ0v) is 12.6. The lowest BCUT2D eigenvalue weighted by Crippen LogP contribution is -2.22. The molecule has 2 rings (SSSR count). The Balaban J connectivity index is 2.59. The molecule has 1 heterocycles. The molecule has 2 aromatic rings. The molecular weight excluding hydrogens is 292 g/mol. The molecule has 1 N–H and O–H groups in total. The summed E-state index contributed by atoms with van der Waals surface area (Å²) in [6, 6.07) is 6.42. The number of nitrogens with zero attached hydrogens (tertiary/aromatic N) is 3. The fraction of sp³-hybridized carbons (Fsp3) is 0.385. The van der Waals surface area contributed by atoms with Gasteiger partial charge in [-0.15, -0.1) is 5.10 Å². The smallest absolute Gasteiger partial charge is 0.153 e. The number of aryl methyl sites for hydroxylation is 3. The van der Waals surface area contributed by atoms with Gasteiger partial charge in [-0.1, -0.05) is 23.4 Å². The minimum absolute atomic E-state index is 0.0839. The molecule has 0 aliphatic rings. The number of hydrogen-bond acceptors (Lipinski definition) is 3. The molecule has 5 heteroatoms.